The van der Waals surface area contributed by atoms with Crippen LogP contribution in [-0.4, -0.2) is 49.0 Å². The van der Waals surface area contributed by atoms with Crippen LogP contribution in [-0.2, 0) is 21.3 Å². The zero-order valence-corrected chi connectivity index (χ0v) is 16.1. The van der Waals surface area contributed by atoms with E-state index in [-0.39, 0.29) is 23.1 Å². The third kappa shape index (κ3) is 4.16. The number of carbonyl (C=O) groups excluding carboxylic acids is 1. The molecular weight excluding hydrogens is 380 g/mol. The van der Waals surface area contributed by atoms with Gasteiger partial charge < -0.3 is 15.4 Å². The maximum atomic E-state index is 12.9. The summed E-state index contributed by atoms with van der Waals surface area (Å²) in [7, 11) is -3.56. The average Bonchev–Trinajstić information content (AvgIpc) is 3.05. The molecule has 4 rings (SSSR count). The first-order chi connectivity index (χ1) is 13.5. The van der Waals surface area contributed by atoms with E-state index in [1.807, 2.05) is 12.1 Å². The summed E-state index contributed by atoms with van der Waals surface area (Å²) >= 11 is 0. The van der Waals surface area contributed by atoms with E-state index in [0.29, 0.717) is 25.3 Å². The Kier molecular flexibility index (Phi) is 5.29. The number of hydrogen-bond acceptors (Lipinski definition) is 5. The van der Waals surface area contributed by atoms with E-state index in [2.05, 4.69) is 15.6 Å². The van der Waals surface area contributed by atoms with Crippen LogP contribution >= 0.6 is 0 Å². The number of anilines is 1. The van der Waals surface area contributed by atoms with E-state index >= 15 is 0 Å². The van der Waals surface area contributed by atoms with Gasteiger partial charge in [-0.2, -0.15) is 4.31 Å². The Labute approximate surface area is 164 Å². The highest BCUT2D eigenvalue weighted by Crippen LogP contribution is 2.30. The second-order valence-electron chi connectivity index (χ2n) is 6.97. The highest BCUT2D eigenvalue weighted by molar-refractivity contribution is 7.89. The number of hydrogen-bond donors (Lipinski definition) is 2. The van der Waals surface area contributed by atoms with Crippen LogP contribution in [0.2, 0.25) is 0 Å². The van der Waals surface area contributed by atoms with Gasteiger partial charge in [0.05, 0.1) is 17.1 Å². The molecule has 8 nitrogen and oxygen atoms in total. The molecule has 1 aromatic heterocycles. The Hall–Kier alpha value is -2.49. The summed E-state index contributed by atoms with van der Waals surface area (Å²) in [5, 5.41) is 5.44. The van der Waals surface area contributed by atoms with Crippen LogP contribution < -0.4 is 10.6 Å². The molecule has 2 saturated heterocycles. The van der Waals surface area contributed by atoms with Crippen LogP contribution in [0.25, 0.3) is 0 Å². The molecular formula is C19H22N4O4S. The van der Waals surface area contributed by atoms with Crippen molar-refractivity contribution >= 4 is 21.7 Å². The van der Waals surface area contributed by atoms with Gasteiger partial charge >= 0.3 is 6.03 Å². The molecule has 0 unspecified atom stereocenters. The van der Waals surface area contributed by atoms with Crippen LogP contribution in [0.3, 0.4) is 0 Å². The van der Waals surface area contributed by atoms with E-state index in [1.54, 1.807) is 24.5 Å². The molecule has 0 saturated carbocycles. The van der Waals surface area contributed by atoms with Gasteiger partial charge in [0.1, 0.15) is 0 Å². The molecule has 2 bridgehead atoms. The molecule has 3 heterocycles. The Morgan fingerprint density at radius 1 is 1.07 bits per heavy atom. The van der Waals surface area contributed by atoms with Crippen molar-refractivity contribution in [3.05, 3.63) is 54.4 Å². The topological polar surface area (TPSA) is 101 Å². The molecule has 148 valence electrons. The number of pyridine rings is 1. The number of carbonyl (C=O) groups is 1. The van der Waals surface area contributed by atoms with Crippen molar-refractivity contribution in [2.45, 2.75) is 36.5 Å². The van der Waals surface area contributed by atoms with Gasteiger partial charge in [-0.1, -0.05) is 0 Å². The minimum absolute atomic E-state index is 0.00134. The first-order valence-electron chi connectivity index (χ1n) is 9.20. The largest absolute Gasteiger partial charge is 0.372 e. The van der Waals surface area contributed by atoms with Crippen LogP contribution in [0.15, 0.2) is 53.7 Å². The molecule has 2 aliphatic rings. The Morgan fingerprint density at radius 3 is 2.36 bits per heavy atom. The van der Waals surface area contributed by atoms with Gasteiger partial charge in [-0.25, -0.2) is 13.2 Å². The second kappa shape index (κ2) is 7.86. The molecule has 1 aromatic carbocycles. The van der Waals surface area contributed by atoms with Gasteiger partial charge in [0.25, 0.3) is 0 Å². The van der Waals surface area contributed by atoms with Crippen LogP contribution in [0.4, 0.5) is 10.5 Å². The van der Waals surface area contributed by atoms with Crippen LogP contribution in [0, 0.1) is 0 Å². The van der Waals surface area contributed by atoms with Gasteiger partial charge in [-0.3, -0.25) is 4.98 Å². The van der Waals surface area contributed by atoms with Crippen LogP contribution in [0.1, 0.15) is 18.4 Å². The van der Waals surface area contributed by atoms with Gasteiger partial charge in [-0.05, 0) is 54.8 Å². The fourth-order valence-corrected chi connectivity index (χ4v) is 4.99. The number of aromatic nitrogens is 1. The van der Waals surface area contributed by atoms with Crippen molar-refractivity contribution < 1.29 is 17.9 Å². The summed E-state index contributed by atoms with van der Waals surface area (Å²) < 4.78 is 32.9. The predicted molar refractivity (Wildman–Crippen MR) is 103 cm³/mol. The molecule has 0 radical (unpaired) electrons. The Balaban J connectivity index is 1.36. The second-order valence-corrected chi connectivity index (χ2v) is 8.90. The van der Waals surface area contributed by atoms with E-state index < -0.39 is 10.0 Å². The molecule has 2 N–H and O–H groups in total. The first-order valence-corrected chi connectivity index (χ1v) is 10.6. The molecule has 2 aromatic rings. The lowest BCUT2D eigenvalue weighted by molar-refractivity contribution is -0.0114. The molecule has 28 heavy (non-hydrogen) atoms. The normalized spacial score (nSPS) is 22.0. The number of nitrogens with zero attached hydrogens (tertiary/aromatic N) is 2. The van der Waals surface area contributed by atoms with Gasteiger partial charge in [-0.15, -0.1) is 0 Å². The highest BCUT2D eigenvalue weighted by Gasteiger charge is 2.39. The molecule has 2 amide bonds. The molecule has 0 spiro atoms. The van der Waals surface area contributed by atoms with E-state index in [4.69, 9.17) is 4.74 Å². The minimum atomic E-state index is -3.56. The number of urea groups is 1. The minimum Gasteiger partial charge on any atom is -0.372 e. The quantitative estimate of drug-likeness (QED) is 0.796. The summed E-state index contributed by atoms with van der Waals surface area (Å²) in [4.78, 5) is 16.2. The first kappa shape index (κ1) is 18.9. The highest BCUT2D eigenvalue weighted by atomic mass is 32.2. The number of nitrogens with one attached hydrogen (secondary N) is 2. The van der Waals surface area contributed by atoms with Crippen molar-refractivity contribution in [1.29, 1.82) is 0 Å². The zero-order valence-electron chi connectivity index (χ0n) is 15.2. The molecule has 9 heteroatoms. The van der Waals surface area contributed by atoms with Crippen molar-refractivity contribution in [3.63, 3.8) is 0 Å². The summed E-state index contributed by atoms with van der Waals surface area (Å²) in [6.07, 6.45) is 5.14. The predicted octanol–water partition coefficient (Wildman–Crippen LogP) is 1.96. The fraction of sp³-hybridized carbons (Fsp3) is 0.368. The fourth-order valence-electron chi connectivity index (χ4n) is 3.49. The molecule has 0 aliphatic carbocycles. The number of fused-ring (bicyclic) bond motifs is 2. The Bertz CT molecular complexity index is 922. The van der Waals surface area contributed by atoms with E-state index in [1.165, 1.54) is 16.4 Å². The summed E-state index contributed by atoms with van der Waals surface area (Å²) in [5.41, 5.74) is 1.46. The zero-order chi connectivity index (χ0) is 19.6. The number of ether oxygens (including phenoxy) is 1. The maximum absolute atomic E-state index is 12.9. The van der Waals surface area contributed by atoms with Crippen molar-refractivity contribution in [3.8, 4) is 0 Å². The van der Waals surface area contributed by atoms with Crippen LogP contribution in [0.5, 0.6) is 0 Å². The number of benzene rings is 1. The van der Waals surface area contributed by atoms with Gasteiger partial charge in [0.2, 0.25) is 10.0 Å². The molecule has 2 fully saturated rings. The Morgan fingerprint density at radius 2 is 1.71 bits per heavy atom. The number of rotatable bonds is 5. The number of morpholine rings is 1. The smallest absolute Gasteiger partial charge is 0.319 e. The monoisotopic (exact) mass is 402 g/mol. The third-order valence-corrected chi connectivity index (χ3v) is 6.81. The lowest BCUT2D eigenvalue weighted by atomic mass is 10.2. The SMILES string of the molecule is O=C(NCc1ccncc1)Nc1ccc(S(=O)(=O)N2C[C@H]3CC[C@@H](C2)O3)cc1. The average molecular weight is 402 g/mol. The summed E-state index contributed by atoms with van der Waals surface area (Å²) in [6.45, 7) is 1.17. The van der Waals surface area contributed by atoms with Crippen molar-refractivity contribution in [2.24, 2.45) is 0 Å². The molecule has 2 aliphatic heterocycles. The molecule has 2 atom stereocenters. The van der Waals surface area contributed by atoms with E-state index in [0.717, 1.165) is 18.4 Å². The maximum Gasteiger partial charge on any atom is 0.319 e. The van der Waals surface area contributed by atoms with Gasteiger partial charge in [0.15, 0.2) is 0 Å². The van der Waals surface area contributed by atoms with E-state index in [9.17, 15) is 13.2 Å². The third-order valence-electron chi connectivity index (χ3n) is 4.96. The van der Waals surface area contributed by atoms with Crippen molar-refractivity contribution in [1.82, 2.24) is 14.6 Å². The standard InChI is InChI=1S/C19H22N4O4S/c24-19(21-11-14-7-9-20-10-8-14)22-15-1-5-18(6-2-15)28(25,26)23-12-16-3-4-17(13-23)27-16/h1-2,5-10,16-17H,3-4,11-13H2,(H2,21,22,24)/t16-,17+. The summed E-state index contributed by atoms with van der Waals surface area (Å²) in [6, 6.07) is 9.49. The lowest BCUT2D eigenvalue weighted by Crippen LogP contribution is -2.45. The number of sulfonamides is 1. The summed E-state index contributed by atoms with van der Waals surface area (Å²) in [5.74, 6) is 0. The lowest BCUT2D eigenvalue weighted by Gasteiger charge is -2.31. The van der Waals surface area contributed by atoms with Crippen molar-refractivity contribution in [2.75, 3.05) is 18.4 Å². The van der Waals surface area contributed by atoms with Gasteiger partial charge in [0, 0.05) is 37.7 Å². The number of amides is 2.